The minimum absolute atomic E-state index is 0.260. The van der Waals surface area contributed by atoms with Crippen LogP contribution in [0, 0.1) is 6.92 Å². The van der Waals surface area contributed by atoms with Crippen LogP contribution in [0.15, 0.2) is 24.8 Å². The molecule has 0 aliphatic carbocycles. The van der Waals surface area contributed by atoms with E-state index in [4.69, 9.17) is 4.74 Å². The summed E-state index contributed by atoms with van der Waals surface area (Å²) in [6, 6.07) is 0. The van der Waals surface area contributed by atoms with Gasteiger partial charge in [-0.2, -0.15) is 0 Å². The summed E-state index contributed by atoms with van der Waals surface area (Å²) in [6.07, 6.45) is -0.533. The number of aliphatic hydroxyl groups excluding tert-OH is 4. The number of aromatic nitrogens is 4. The number of hydrogen-bond donors (Lipinski definition) is 5. The van der Waals surface area contributed by atoms with E-state index in [1.54, 1.807) is 25.5 Å². The summed E-state index contributed by atoms with van der Waals surface area (Å²) in [5, 5.41) is 42.8. The molecular weight excluding hydrogens is 446 g/mol. The molecule has 1 aliphatic rings. The summed E-state index contributed by atoms with van der Waals surface area (Å²) in [6.45, 7) is 1.20. The van der Waals surface area contributed by atoms with Gasteiger partial charge in [-0.3, -0.25) is 14.8 Å². The van der Waals surface area contributed by atoms with Crippen LogP contribution in [0.4, 0.5) is 5.13 Å². The van der Waals surface area contributed by atoms with E-state index >= 15 is 0 Å². The number of nitrogens with one attached hydrogen (secondary N) is 1. The zero-order valence-electron chi connectivity index (χ0n) is 16.1. The Morgan fingerprint density at radius 1 is 1.13 bits per heavy atom. The van der Waals surface area contributed by atoms with Crippen molar-refractivity contribution >= 4 is 33.6 Å². The molecule has 31 heavy (non-hydrogen) atoms. The average molecular weight is 466 g/mol. The highest BCUT2D eigenvalue weighted by atomic mass is 32.1. The first-order valence-electron chi connectivity index (χ1n) is 9.20. The van der Waals surface area contributed by atoms with Crippen LogP contribution in [0.2, 0.25) is 0 Å². The van der Waals surface area contributed by atoms with Gasteiger partial charge in [-0.1, -0.05) is 11.3 Å². The molecule has 0 radical (unpaired) electrons. The molecule has 0 amide bonds. The molecule has 3 aromatic heterocycles. The predicted molar refractivity (Wildman–Crippen MR) is 111 cm³/mol. The Morgan fingerprint density at radius 3 is 2.65 bits per heavy atom. The molecule has 4 heterocycles. The van der Waals surface area contributed by atoms with Gasteiger partial charge in [-0.05, 0) is 6.92 Å². The van der Waals surface area contributed by atoms with E-state index < -0.39 is 37.3 Å². The van der Waals surface area contributed by atoms with Crippen molar-refractivity contribution in [2.45, 2.75) is 37.6 Å². The molecular formula is C18H19N5O6S2. The van der Waals surface area contributed by atoms with Gasteiger partial charge in [0.1, 0.15) is 35.1 Å². The van der Waals surface area contributed by atoms with E-state index in [9.17, 15) is 25.2 Å². The number of nitrogens with zero attached hydrogens (tertiary/aromatic N) is 4. The van der Waals surface area contributed by atoms with Crippen molar-refractivity contribution in [3.63, 3.8) is 0 Å². The van der Waals surface area contributed by atoms with Gasteiger partial charge in [0, 0.05) is 12.4 Å². The molecule has 4 rings (SSSR count). The molecule has 0 spiro atoms. The summed E-state index contributed by atoms with van der Waals surface area (Å²) >= 11 is 2.24. The third-order valence-corrected chi connectivity index (χ3v) is 6.78. The van der Waals surface area contributed by atoms with Crippen molar-refractivity contribution in [1.29, 1.82) is 0 Å². The lowest BCUT2D eigenvalue weighted by molar-refractivity contribution is -0.221. The number of anilines is 1. The number of aliphatic hydroxyl groups is 4. The van der Waals surface area contributed by atoms with Gasteiger partial charge in [-0.25, -0.2) is 9.97 Å². The predicted octanol–water partition coefficient (Wildman–Crippen LogP) is -0.192. The molecule has 1 saturated heterocycles. The van der Waals surface area contributed by atoms with E-state index in [-0.39, 0.29) is 10.9 Å². The summed E-state index contributed by atoms with van der Waals surface area (Å²) in [7, 11) is 0. The maximum atomic E-state index is 13.0. The number of carbonyl (C=O) groups is 1. The van der Waals surface area contributed by atoms with Crippen LogP contribution in [0.3, 0.4) is 0 Å². The SMILES string of the molecule is Cc1nc(-c2cnccn2)sc1C(=O)c1cnc(N[C@@H]2OC(CO)C(O)C(O)C2O)s1. The first-order valence-corrected chi connectivity index (χ1v) is 10.8. The van der Waals surface area contributed by atoms with Crippen molar-refractivity contribution < 1.29 is 30.0 Å². The molecule has 5 N–H and O–H groups in total. The monoisotopic (exact) mass is 465 g/mol. The molecule has 0 saturated carbocycles. The van der Waals surface area contributed by atoms with Gasteiger partial charge >= 0.3 is 0 Å². The number of hydrogen-bond acceptors (Lipinski definition) is 13. The second kappa shape index (κ2) is 9.00. The largest absolute Gasteiger partial charge is 0.394 e. The molecule has 4 unspecified atom stereocenters. The summed E-state index contributed by atoms with van der Waals surface area (Å²) in [4.78, 5) is 30.5. The van der Waals surface area contributed by atoms with Crippen LogP contribution in [-0.4, -0.2) is 83.4 Å². The van der Waals surface area contributed by atoms with Gasteiger partial charge in [0.25, 0.3) is 0 Å². The topological polar surface area (TPSA) is 171 Å². The van der Waals surface area contributed by atoms with E-state index in [0.717, 1.165) is 11.3 Å². The van der Waals surface area contributed by atoms with E-state index in [1.165, 1.54) is 17.5 Å². The molecule has 164 valence electrons. The fraction of sp³-hybridized carbons (Fsp3) is 0.389. The summed E-state index contributed by atoms with van der Waals surface area (Å²) < 4.78 is 5.40. The first-order chi connectivity index (χ1) is 14.9. The number of ketones is 1. The average Bonchev–Trinajstić information content (AvgIpc) is 3.41. The molecule has 0 aromatic carbocycles. The van der Waals surface area contributed by atoms with Gasteiger partial charge in [0.15, 0.2) is 11.4 Å². The Kier molecular flexibility index (Phi) is 6.34. The lowest BCUT2D eigenvalue weighted by atomic mass is 9.98. The van der Waals surface area contributed by atoms with Crippen LogP contribution < -0.4 is 5.32 Å². The number of aryl methyl sites for hydroxylation is 1. The molecule has 11 nitrogen and oxygen atoms in total. The number of thiazole rings is 2. The van der Waals surface area contributed by atoms with Crippen LogP contribution >= 0.6 is 22.7 Å². The van der Waals surface area contributed by atoms with Gasteiger partial charge in [0.05, 0.1) is 34.4 Å². The highest BCUT2D eigenvalue weighted by Crippen LogP contribution is 2.31. The number of ether oxygens (including phenoxy) is 1. The molecule has 13 heteroatoms. The second-order valence-electron chi connectivity index (χ2n) is 6.78. The zero-order chi connectivity index (χ0) is 22.1. The van der Waals surface area contributed by atoms with Crippen molar-refractivity contribution in [3.8, 4) is 10.7 Å². The summed E-state index contributed by atoms with van der Waals surface area (Å²) in [5.74, 6) is -0.260. The Bertz CT molecular complexity index is 1060. The highest BCUT2D eigenvalue weighted by Gasteiger charge is 2.43. The fourth-order valence-electron chi connectivity index (χ4n) is 3.03. The van der Waals surface area contributed by atoms with E-state index in [0.29, 0.717) is 26.1 Å². The van der Waals surface area contributed by atoms with Crippen LogP contribution in [0.5, 0.6) is 0 Å². The van der Waals surface area contributed by atoms with Gasteiger partial charge in [-0.15, -0.1) is 11.3 Å². The van der Waals surface area contributed by atoms with Crippen molar-refractivity contribution in [2.75, 3.05) is 11.9 Å². The quantitative estimate of drug-likeness (QED) is 0.306. The lowest BCUT2D eigenvalue weighted by Gasteiger charge is -2.40. The first kappa shape index (κ1) is 21.8. The Labute approximate surface area is 184 Å². The summed E-state index contributed by atoms with van der Waals surface area (Å²) in [5.41, 5.74) is 1.14. The smallest absolute Gasteiger partial charge is 0.216 e. The molecule has 5 atom stereocenters. The Morgan fingerprint density at radius 2 is 1.94 bits per heavy atom. The molecule has 0 bridgehead atoms. The van der Waals surface area contributed by atoms with Gasteiger partial charge < -0.3 is 30.5 Å². The standard InChI is InChI=1S/C18H19N5O6S2/c1-7-15(31-17(22-7)8-4-19-2-3-20-8)12(26)10-5-21-18(30-10)23-16-14(28)13(27)11(25)9(6-24)29-16/h2-5,9,11,13-14,16,24-25,27-28H,6H2,1H3,(H,21,23)/t9?,11?,13?,14?,16-/m1/s1. The Balaban J connectivity index is 1.50. The van der Waals surface area contributed by atoms with Crippen molar-refractivity contribution in [3.05, 3.63) is 40.2 Å². The normalized spacial score (nSPS) is 26.0. The van der Waals surface area contributed by atoms with Crippen LogP contribution in [-0.2, 0) is 4.74 Å². The zero-order valence-corrected chi connectivity index (χ0v) is 17.7. The van der Waals surface area contributed by atoms with Crippen molar-refractivity contribution in [1.82, 2.24) is 19.9 Å². The molecule has 1 fully saturated rings. The molecule has 3 aromatic rings. The van der Waals surface area contributed by atoms with Gasteiger partial charge in [0.2, 0.25) is 5.78 Å². The maximum Gasteiger partial charge on any atom is 0.216 e. The maximum absolute atomic E-state index is 13.0. The fourth-order valence-corrected chi connectivity index (χ4v) is 4.86. The number of carbonyl (C=O) groups excluding carboxylic acids is 1. The minimum atomic E-state index is -1.51. The number of rotatable bonds is 6. The van der Waals surface area contributed by atoms with E-state index in [1.807, 2.05) is 0 Å². The molecule has 1 aliphatic heterocycles. The van der Waals surface area contributed by atoms with E-state index in [2.05, 4.69) is 25.3 Å². The second-order valence-corrected chi connectivity index (χ2v) is 8.81. The Hall–Kier alpha value is -2.39. The third-order valence-electron chi connectivity index (χ3n) is 4.67. The highest BCUT2D eigenvalue weighted by molar-refractivity contribution is 7.20. The van der Waals surface area contributed by atoms with Crippen LogP contribution in [0.1, 0.15) is 20.2 Å². The lowest BCUT2D eigenvalue weighted by Crippen LogP contribution is -2.60. The van der Waals surface area contributed by atoms with Crippen molar-refractivity contribution in [2.24, 2.45) is 0 Å². The minimum Gasteiger partial charge on any atom is -0.394 e. The van der Waals surface area contributed by atoms with Crippen LogP contribution in [0.25, 0.3) is 10.7 Å². The third kappa shape index (κ3) is 4.34.